The molecule has 0 aromatic heterocycles. The summed E-state index contributed by atoms with van der Waals surface area (Å²) in [5, 5.41) is 10.2. The molecule has 0 aromatic carbocycles. The molecule has 1 fully saturated rings. The lowest BCUT2D eigenvalue weighted by Gasteiger charge is -2.24. The van der Waals surface area contributed by atoms with E-state index in [1.807, 2.05) is 0 Å². The van der Waals surface area contributed by atoms with Crippen LogP contribution in [0.1, 0.15) is 12.8 Å². The first-order valence-corrected chi connectivity index (χ1v) is 2.95. The van der Waals surface area contributed by atoms with Crippen molar-refractivity contribution in [3.63, 3.8) is 0 Å². The Morgan fingerprint density at radius 2 is 2.09 bits per heavy atom. The number of nitrogens with one attached hydrogen (secondary N) is 1. The van der Waals surface area contributed by atoms with Gasteiger partial charge in [-0.2, -0.15) is 13.2 Å². The second-order valence-corrected chi connectivity index (χ2v) is 2.41. The average molecular weight is 169 g/mol. The largest absolute Gasteiger partial charge is 0.436 e. The lowest BCUT2D eigenvalue weighted by molar-refractivity contribution is -0.265. The van der Waals surface area contributed by atoms with Crippen molar-refractivity contribution in [2.45, 2.75) is 24.7 Å². The summed E-state index contributed by atoms with van der Waals surface area (Å²) in [5.41, 5.74) is -3.00. The fourth-order valence-corrected chi connectivity index (χ4v) is 0.863. The third-order valence-electron chi connectivity index (χ3n) is 1.53. The maximum atomic E-state index is 11.9. The van der Waals surface area contributed by atoms with Gasteiger partial charge in [-0.1, -0.05) is 0 Å². The molecule has 1 rings (SSSR count). The van der Waals surface area contributed by atoms with Crippen molar-refractivity contribution in [1.82, 2.24) is 5.32 Å². The SMILES string of the molecule is O=C1CCC(O)(C(F)(F)F)N1. The van der Waals surface area contributed by atoms with Gasteiger partial charge in [0, 0.05) is 12.8 Å². The van der Waals surface area contributed by atoms with Gasteiger partial charge < -0.3 is 10.4 Å². The number of hydrogen-bond donors (Lipinski definition) is 2. The van der Waals surface area contributed by atoms with Gasteiger partial charge in [0.1, 0.15) is 0 Å². The highest BCUT2D eigenvalue weighted by molar-refractivity contribution is 5.79. The topological polar surface area (TPSA) is 49.3 Å². The number of halogens is 3. The van der Waals surface area contributed by atoms with Crippen molar-refractivity contribution in [1.29, 1.82) is 0 Å². The number of carbonyl (C=O) groups excluding carboxylic acids is 1. The Bertz CT molecular complexity index is 191. The third kappa shape index (κ3) is 1.30. The minimum absolute atomic E-state index is 0.282. The Labute approximate surface area is 60.2 Å². The van der Waals surface area contributed by atoms with E-state index < -0.39 is 24.2 Å². The molecule has 64 valence electrons. The molecule has 1 unspecified atom stereocenters. The van der Waals surface area contributed by atoms with Crippen molar-refractivity contribution < 1.29 is 23.1 Å². The highest BCUT2D eigenvalue weighted by Gasteiger charge is 2.57. The number of alkyl halides is 3. The van der Waals surface area contributed by atoms with Crippen LogP contribution in [0.25, 0.3) is 0 Å². The molecule has 0 aliphatic carbocycles. The second-order valence-electron chi connectivity index (χ2n) is 2.41. The Morgan fingerprint density at radius 3 is 2.27 bits per heavy atom. The van der Waals surface area contributed by atoms with E-state index >= 15 is 0 Å². The Balaban J connectivity index is 2.77. The van der Waals surface area contributed by atoms with E-state index in [0.29, 0.717) is 0 Å². The van der Waals surface area contributed by atoms with Gasteiger partial charge in [0.25, 0.3) is 0 Å². The Morgan fingerprint density at radius 1 is 1.55 bits per heavy atom. The first-order valence-electron chi connectivity index (χ1n) is 2.95. The van der Waals surface area contributed by atoms with Crippen LogP contribution >= 0.6 is 0 Å². The fraction of sp³-hybridized carbons (Fsp3) is 0.800. The van der Waals surface area contributed by atoms with Gasteiger partial charge in [0.05, 0.1) is 0 Å². The summed E-state index contributed by atoms with van der Waals surface area (Å²) < 4.78 is 35.6. The van der Waals surface area contributed by atoms with E-state index in [-0.39, 0.29) is 6.42 Å². The van der Waals surface area contributed by atoms with E-state index in [9.17, 15) is 18.0 Å². The predicted octanol–water partition coefficient (Wildman–Crippen LogP) is 0.147. The van der Waals surface area contributed by atoms with Crippen molar-refractivity contribution in [3.05, 3.63) is 0 Å². The Hall–Kier alpha value is -0.780. The molecular formula is C5H6F3NO2. The minimum atomic E-state index is -4.78. The molecule has 1 heterocycles. The molecule has 2 N–H and O–H groups in total. The molecule has 1 aliphatic heterocycles. The van der Waals surface area contributed by atoms with Crippen LogP contribution in [0.3, 0.4) is 0 Å². The molecule has 11 heavy (non-hydrogen) atoms. The van der Waals surface area contributed by atoms with Crippen LogP contribution in [-0.4, -0.2) is 22.9 Å². The lowest BCUT2D eigenvalue weighted by atomic mass is 10.1. The molecule has 1 aliphatic rings. The number of aliphatic hydroxyl groups is 1. The maximum absolute atomic E-state index is 11.9. The molecule has 0 bridgehead atoms. The highest BCUT2D eigenvalue weighted by Crippen LogP contribution is 2.34. The second kappa shape index (κ2) is 2.10. The van der Waals surface area contributed by atoms with Gasteiger partial charge in [-0.15, -0.1) is 0 Å². The lowest BCUT2D eigenvalue weighted by Crippen LogP contribution is -2.53. The summed E-state index contributed by atoms with van der Waals surface area (Å²) in [4.78, 5) is 10.3. The maximum Gasteiger partial charge on any atom is 0.436 e. The average Bonchev–Trinajstić information content (AvgIpc) is 2.10. The minimum Gasteiger partial charge on any atom is -0.363 e. The van der Waals surface area contributed by atoms with Crippen molar-refractivity contribution in [2.24, 2.45) is 0 Å². The normalized spacial score (nSPS) is 32.2. The fourth-order valence-electron chi connectivity index (χ4n) is 0.863. The van der Waals surface area contributed by atoms with E-state index in [1.165, 1.54) is 5.32 Å². The van der Waals surface area contributed by atoms with Crippen LogP contribution in [0, 0.1) is 0 Å². The smallest absolute Gasteiger partial charge is 0.363 e. The molecule has 0 saturated carbocycles. The molecule has 6 heteroatoms. The first kappa shape index (κ1) is 8.32. The van der Waals surface area contributed by atoms with Crippen LogP contribution < -0.4 is 5.32 Å². The van der Waals surface area contributed by atoms with Gasteiger partial charge in [-0.05, 0) is 0 Å². The molecule has 1 amide bonds. The summed E-state index contributed by atoms with van der Waals surface area (Å²) in [5.74, 6) is -0.773. The number of amides is 1. The monoisotopic (exact) mass is 169 g/mol. The number of rotatable bonds is 0. The van der Waals surface area contributed by atoms with Crippen molar-refractivity contribution in [3.8, 4) is 0 Å². The summed E-state index contributed by atoms with van der Waals surface area (Å²) in [6, 6.07) is 0. The number of hydrogen-bond acceptors (Lipinski definition) is 2. The van der Waals surface area contributed by atoms with E-state index in [2.05, 4.69) is 0 Å². The summed E-state index contributed by atoms with van der Waals surface area (Å²) in [6.45, 7) is 0. The molecule has 0 spiro atoms. The van der Waals surface area contributed by atoms with Gasteiger partial charge in [-0.3, -0.25) is 4.79 Å². The predicted molar refractivity (Wildman–Crippen MR) is 28.4 cm³/mol. The van der Waals surface area contributed by atoms with Crippen LogP contribution in [0.2, 0.25) is 0 Å². The molecule has 1 saturated heterocycles. The van der Waals surface area contributed by atoms with E-state index in [1.54, 1.807) is 0 Å². The van der Waals surface area contributed by atoms with E-state index in [4.69, 9.17) is 5.11 Å². The summed E-state index contributed by atoms with van der Waals surface area (Å²) >= 11 is 0. The molecular weight excluding hydrogens is 163 g/mol. The highest BCUT2D eigenvalue weighted by atomic mass is 19.4. The first-order chi connectivity index (χ1) is 4.85. The molecule has 3 nitrogen and oxygen atoms in total. The molecule has 0 aromatic rings. The van der Waals surface area contributed by atoms with Crippen LogP contribution in [-0.2, 0) is 4.79 Å². The molecule has 1 atom stereocenters. The zero-order valence-electron chi connectivity index (χ0n) is 5.40. The van der Waals surface area contributed by atoms with Gasteiger partial charge in [0.2, 0.25) is 11.6 Å². The van der Waals surface area contributed by atoms with E-state index in [0.717, 1.165) is 0 Å². The number of carbonyl (C=O) groups is 1. The molecule has 0 radical (unpaired) electrons. The van der Waals surface area contributed by atoms with Crippen LogP contribution in [0.4, 0.5) is 13.2 Å². The van der Waals surface area contributed by atoms with Crippen molar-refractivity contribution in [2.75, 3.05) is 0 Å². The van der Waals surface area contributed by atoms with Crippen LogP contribution in [0.15, 0.2) is 0 Å². The van der Waals surface area contributed by atoms with Gasteiger partial charge in [-0.25, -0.2) is 0 Å². The summed E-state index contributed by atoms with van der Waals surface area (Å²) in [6.07, 6.45) is -5.66. The van der Waals surface area contributed by atoms with Gasteiger partial charge in [0.15, 0.2) is 0 Å². The standard InChI is InChI=1S/C5H6F3NO2/c6-5(7,8)4(11)2-1-3(10)9-4/h11H,1-2H2,(H,9,10). The van der Waals surface area contributed by atoms with Crippen LogP contribution in [0.5, 0.6) is 0 Å². The Kier molecular flexibility index (Phi) is 1.59. The zero-order chi connectivity index (χ0) is 8.70. The summed E-state index contributed by atoms with van der Waals surface area (Å²) in [7, 11) is 0. The third-order valence-corrected chi connectivity index (χ3v) is 1.53. The van der Waals surface area contributed by atoms with Gasteiger partial charge >= 0.3 is 6.18 Å². The van der Waals surface area contributed by atoms with Crippen molar-refractivity contribution >= 4 is 5.91 Å². The zero-order valence-corrected chi connectivity index (χ0v) is 5.40. The quantitative estimate of drug-likeness (QED) is 0.542.